The molecule has 0 unspecified atom stereocenters. The Bertz CT molecular complexity index is 867. The molecule has 0 saturated carbocycles. The van der Waals surface area contributed by atoms with Gasteiger partial charge < -0.3 is 4.90 Å². The Hall–Kier alpha value is -2.04. The number of hydrogen-bond acceptors (Lipinski definition) is 7. The first-order valence-electron chi connectivity index (χ1n) is 9.34. The van der Waals surface area contributed by atoms with Gasteiger partial charge >= 0.3 is 0 Å². The third-order valence-electron chi connectivity index (χ3n) is 5.13. The third-order valence-corrected chi connectivity index (χ3v) is 7.01. The Morgan fingerprint density at radius 1 is 1.07 bits per heavy atom. The molecule has 2 aliphatic heterocycles. The first-order valence-corrected chi connectivity index (χ1v) is 10.8. The van der Waals surface area contributed by atoms with Crippen LogP contribution in [0, 0.1) is 6.92 Å². The summed E-state index contributed by atoms with van der Waals surface area (Å²) in [5.41, 5.74) is 0. The summed E-state index contributed by atoms with van der Waals surface area (Å²) in [6.07, 6.45) is 3.36. The monoisotopic (exact) mass is 391 g/mol. The molecule has 27 heavy (non-hydrogen) atoms. The fourth-order valence-electron chi connectivity index (χ4n) is 3.58. The van der Waals surface area contributed by atoms with E-state index >= 15 is 0 Å². The minimum absolute atomic E-state index is 0.284. The number of anilines is 1. The summed E-state index contributed by atoms with van der Waals surface area (Å²) in [5, 5.41) is 7.06. The van der Waals surface area contributed by atoms with E-state index in [0.29, 0.717) is 13.1 Å². The first-order chi connectivity index (χ1) is 13.0. The van der Waals surface area contributed by atoms with Gasteiger partial charge in [0.15, 0.2) is 5.82 Å². The zero-order chi connectivity index (χ0) is 18.9. The zero-order valence-electron chi connectivity index (χ0n) is 15.5. The van der Waals surface area contributed by atoms with E-state index in [1.807, 2.05) is 13.0 Å². The van der Waals surface area contributed by atoms with Gasteiger partial charge in [-0.3, -0.25) is 10.00 Å². The van der Waals surface area contributed by atoms with Crippen LogP contribution in [0.15, 0.2) is 23.2 Å². The molecule has 2 saturated heterocycles. The maximum atomic E-state index is 12.6. The van der Waals surface area contributed by atoms with Crippen molar-refractivity contribution in [2.75, 3.05) is 44.2 Å². The normalized spacial score (nSPS) is 19.7. The number of aromatic nitrogens is 4. The van der Waals surface area contributed by atoms with Crippen LogP contribution in [-0.4, -0.2) is 77.1 Å². The maximum absolute atomic E-state index is 12.6. The Balaban J connectivity index is 1.36. The molecule has 0 spiro atoms. The molecule has 146 valence electrons. The highest BCUT2D eigenvalue weighted by Crippen LogP contribution is 2.22. The zero-order valence-corrected chi connectivity index (χ0v) is 16.3. The molecule has 2 fully saturated rings. The summed E-state index contributed by atoms with van der Waals surface area (Å²) >= 11 is 0. The molecule has 0 atom stereocenters. The van der Waals surface area contributed by atoms with Gasteiger partial charge in [0.05, 0.1) is 6.54 Å². The predicted octanol–water partition coefficient (Wildman–Crippen LogP) is 0.615. The third kappa shape index (κ3) is 3.97. The molecule has 9 nitrogen and oxygen atoms in total. The van der Waals surface area contributed by atoms with Crippen molar-refractivity contribution in [3.63, 3.8) is 0 Å². The topological polar surface area (TPSA) is 98.3 Å². The molecule has 4 rings (SSSR count). The van der Waals surface area contributed by atoms with Gasteiger partial charge in [0.2, 0.25) is 10.0 Å². The van der Waals surface area contributed by atoms with Crippen LogP contribution in [0.3, 0.4) is 0 Å². The number of sulfonamides is 1. The molecule has 0 bridgehead atoms. The SMILES string of the molecule is Cc1nc(CN2CCN(c3ccc(S(=O)(=O)N4CCCC4)cn3)CC2)n[nH]1. The number of aryl methyl sites for hydroxylation is 1. The molecule has 0 amide bonds. The van der Waals surface area contributed by atoms with Crippen molar-refractivity contribution in [3.05, 3.63) is 30.0 Å². The molecule has 4 heterocycles. The van der Waals surface area contributed by atoms with E-state index in [-0.39, 0.29) is 4.90 Å². The minimum Gasteiger partial charge on any atom is -0.354 e. The lowest BCUT2D eigenvalue weighted by Crippen LogP contribution is -2.46. The summed E-state index contributed by atoms with van der Waals surface area (Å²) in [7, 11) is -3.40. The second-order valence-electron chi connectivity index (χ2n) is 7.06. The number of nitrogens with zero attached hydrogens (tertiary/aromatic N) is 6. The van der Waals surface area contributed by atoms with E-state index in [9.17, 15) is 8.42 Å². The lowest BCUT2D eigenvalue weighted by molar-refractivity contribution is 0.243. The van der Waals surface area contributed by atoms with Crippen molar-refractivity contribution in [1.29, 1.82) is 0 Å². The quantitative estimate of drug-likeness (QED) is 0.797. The summed E-state index contributed by atoms with van der Waals surface area (Å²) in [4.78, 5) is 13.6. The number of aromatic amines is 1. The first kappa shape index (κ1) is 18.3. The predicted molar refractivity (Wildman–Crippen MR) is 101 cm³/mol. The molecule has 0 aliphatic carbocycles. The second-order valence-corrected chi connectivity index (χ2v) is 9.00. The van der Waals surface area contributed by atoms with Crippen molar-refractivity contribution in [2.45, 2.75) is 31.2 Å². The Morgan fingerprint density at radius 2 is 1.81 bits per heavy atom. The Morgan fingerprint density at radius 3 is 2.41 bits per heavy atom. The minimum atomic E-state index is -3.40. The van der Waals surface area contributed by atoms with Crippen LogP contribution in [0.5, 0.6) is 0 Å². The van der Waals surface area contributed by atoms with Gasteiger partial charge in [-0.2, -0.15) is 9.40 Å². The summed E-state index contributed by atoms with van der Waals surface area (Å²) in [5.74, 6) is 2.47. The summed E-state index contributed by atoms with van der Waals surface area (Å²) in [6.45, 7) is 7.31. The van der Waals surface area contributed by atoms with Crippen molar-refractivity contribution in [2.24, 2.45) is 0 Å². The average molecular weight is 392 g/mol. The number of pyridine rings is 1. The molecule has 10 heteroatoms. The van der Waals surface area contributed by atoms with Crippen LogP contribution in [-0.2, 0) is 16.6 Å². The van der Waals surface area contributed by atoms with E-state index < -0.39 is 10.0 Å². The van der Waals surface area contributed by atoms with Crippen LogP contribution >= 0.6 is 0 Å². The highest BCUT2D eigenvalue weighted by atomic mass is 32.2. The molecule has 2 aromatic rings. The molecule has 0 radical (unpaired) electrons. The van der Waals surface area contributed by atoms with E-state index in [0.717, 1.165) is 63.0 Å². The summed E-state index contributed by atoms with van der Waals surface area (Å²) < 4.78 is 26.7. The van der Waals surface area contributed by atoms with E-state index in [1.54, 1.807) is 10.4 Å². The largest absolute Gasteiger partial charge is 0.354 e. The number of hydrogen-bond donors (Lipinski definition) is 1. The lowest BCUT2D eigenvalue weighted by atomic mass is 10.3. The van der Waals surface area contributed by atoms with Gasteiger partial charge in [0.1, 0.15) is 16.5 Å². The molecule has 2 aromatic heterocycles. The fourth-order valence-corrected chi connectivity index (χ4v) is 5.05. The second kappa shape index (κ2) is 7.53. The standard InChI is InChI=1S/C17H25N7O2S/c1-14-19-16(21-20-14)13-22-8-10-23(11-9-22)17-5-4-15(12-18-17)27(25,26)24-6-2-3-7-24/h4-5,12H,2-3,6-11,13H2,1H3,(H,19,20,21). The fraction of sp³-hybridized carbons (Fsp3) is 0.588. The van der Waals surface area contributed by atoms with Gasteiger partial charge in [-0.1, -0.05) is 0 Å². The van der Waals surface area contributed by atoms with Crippen LogP contribution < -0.4 is 4.90 Å². The van der Waals surface area contributed by atoms with Crippen LogP contribution in [0.2, 0.25) is 0 Å². The highest BCUT2D eigenvalue weighted by Gasteiger charge is 2.28. The lowest BCUT2D eigenvalue weighted by Gasteiger charge is -2.34. The Labute approximate surface area is 159 Å². The molecule has 0 aromatic carbocycles. The van der Waals surface area contributed by atoms with Gasteiger partial charge in [-0.15, -0.1) is 0 Å². The van der Waals surface area contributed by atoms with Crippen LogP contribution in [0.4, 0.5) is 5.82 Å². The smallest absolute Gasteiger partial charge is 0.244 e. The van der Waals surface area contributed by atoms with E-state index in [2.05, 4.69) is 30.0 Å². The van der Waals surface area contributed by atoms with Crippen LogP contribution in [0.1, 0.15) is 24.5 Å². The molecular weight excluding hydrogens is 366 g/mol. The average Bonchev–Trinajstić information content (AvgIpc) is 3.35. The van der Waals surface area contributed by atoms with Crippen molar-refractivity contribution in [1.82, 2.24) is 29.4 Å². The van der Waals surface area contributed by atoms with Gasteiger partial charge in [-0.05, 0) is 31.9 Å². The number of nitrogens with one attached hydrogen (secondary N) is 1. The van der Waals surface area contributed by atoms with Crippen molar-refractivity contribution >= 4 is 15.8 Å². The molecular formula is C17H25N7O2S. The number of rotatable bonds is 5. The Kier molecular flexibility index (Phi) is 5.11. The highest BCUT2D eigenvalue weighted by molar-refractivity contribution is 7.89. The van der Waals surface area contributed by atoms with Gasteiger partial charge in [0.25, 0.3) is 0 Å². The number of piperazine rings is 1. The van der Waals surface area contributed by atoms with Gasteiger partial charge in [0, 0.05) is 45.5 Å². The summed E-state index contributed by atoms with van der Waals surface area (Å²) in [6, 6.07) is 3.50. The van der Waals surface area contributed by atoms with E-state index in [4.69, 9.17) is 0 Å². The van der Waals surface area contributed by atoms with Crippen LogP contribution in [0.25, 0.3) is 0 Å². The van der Waals surface area contributed by atoms with Gasteiger partial charge in [-0.25, -0.2) is 18.4 Å². The molecule has 2 aliphatic rings. The van der Waals surface area contributed by atoms with Crippen molar-refractivity contribution in [3.8, 4) is 0 Å². The number of H-pyrrole nitrogens is 1. The molecule has 1 N–H and O–H groups in total. The van der Waals surface area contributed by atoms with E-state index in [1.165, 1.54) is 6.20 Å². The maximum Gasteiger partial charge on any atom is 0.244 e. The van der Waals surface area contributed by atoms with Crippen molar-refractivity contribution < 1.29 is 8.42 Å².